The Balaban J connectivity index is 1.43. The molecule has 1 aliphatic rings. The Labute approximate surface area is 179 Å². The van der Waals surface area contributed by atoms with Crippen LogP contribution in [0, 0.1) is 0 Å². The number of nitrogens with one attached hydrogen (secondary N) is 1. The van der Waals surface area contributed by atoms with Crippen molar-refractivity contribution in [3.8, 4) is 10.8 Å². The summed E-state index contributed by atoms with van der Waals surface area (Å²) in [4.78, 5) is 17.1. The molecule has 3 aromatic rings. The highest BCUT2D eigenvalue weighted by molar-refractivity contribution is 7.89. The second-order valence-electron chi connectivity index (χ2n) is 7.19. The zero-order valence-electron chi connectivity index (χ0n) is 16.4. The standard InChI is InChI=1S/C21H23N3O4S2/c25-20(14-17-15-29-21(23-17)19-9-6-12-28-19)22-16-7-5-8-18(13-16)30(26,27)24-10-3-1-2-4-11-24/h5-9,12-13,15H,1-4,10-11,14H2,(H,22,25). The van der Waals surface area contributed by atoms with E-state index in [0.717, 1.165) is 25.7 Å². The van der Waals surface area contributed by atoms with Gasteiger partial charge in [-0.25, -0.2) is 13.4 Å². The van der Waals surface area contributed by atoms with Crippen LogP contribution in [0.2, 0.25) is 0 Å². The Hall–Kier alpha value is -2.49. The quantitative estimate of drug-likeness (QED) is 0.615. The van der Waals surface area contributed by atoms with Crippen molar-refractivity contribution in [2.45, 2.75) is 37.0 Å². The number of aromatic nitrogens is 1. The molecule has 1 aliphatic heterocycles. The third-order valence-electron chi connectivity index (χ3n) is 4.95. The molecule has 0 bridgehead atoms. The fourth-order valence-corrected chi connectivity index (χ4v) is 5.79. The van der Waals surface area contributed by atoms with E-state index in [0.29, 0.717) is 35.2 Å². The topological polar surface area (TPSA) is 92.5 Å². The van der Waals surface area contributed by atoms with Crippen molar-refractivity contribution in [3.05, 3.63) is 53.7 Å². The number of anilines is 1. The Morgan fingerprint density at radius 2 is 1.93 bits per heavy atom. The lowest BCUT2D eigenvalue weighted by atomic mass is 10.2. The summed E-state index contributed by atoms with van der Waals surface area (Å²) < 4.78 is 32.8. The van der Waals surface area contributed by atoms with Crippen molar-refractivity contribution in [3.63, 3.8) is 0 Å². The average molecular weight is 446 g/mol. The fraction of sp³-hybridized carbons (Fsp3) is 0.333. The molecule has 7 nitrogen and oxygen atoms in total. The number of benzene rings is 1. The second-order valence-corrected chi connectivity index (χ2v) is 9.99. The highest BCUT2D eigenvalue weighted by atomic mass is 32.2. The van der Waals surface area contributed by atoms with Crippen LogP contribution in [0.5, 0.6) is 0 Å². The summed E-state index contributed by atoms with van der Waals surface area (Å²) in [5.74, 6) is 0.411. The number of hydrogen-bond acceptors (Lipinski definition) is 6. The molecule has 1 aromatic carbocycles. The molecule has 1 N–H and O–H groups in total. The maximum atomic E-state index is 13.0. The number of carbonyl (C=O) groups is 1. The smallest absolute Gasteiger partial charge is 0.243 e. The summed E-state index contributed by atoms with van der Waals surface area (Å²) in [5.41, 5.74) is 1.09. The zero-order valence-corrected chi connectivity index (χ0v) is 18.0. The monoisotopic (exact) mass is 445 g/mol. The molecule has 1 saturated heterocycles. The molecular formula is C21H23N3O4S2. The molecule has 9 heteroatoms. The van der Waals surface area contributed by atoms with Crippen LogP contribution in [0.3, 0.4) is 0 Å². The highest BCUT2D eigenvalue weighted by Gasteiger charge is 2.25. The van der Waals surface area contributed by atoms with Crippen molar-refractivity contribution in [1.82, 2.24) is 9.29 Å². The molecule has 0 aliphatic carbocycles. The SMILES string of the molecule is O=C(Cc1csc(-c2ccco2)n1)Nc1cccc(S(=O)(=O)N2CCCCCC2)c1. The van der Waals surface area contributed by atoms with E-state index < -0.39 is 10.0 Å². The minimum absolute atomic E-state index is 0.0975. The lowest BCUT2D eigenvalue weighted by Gasteiger charge is -2.20. The predicted octanol–water partition coefficient (Wildman–Crippen LogP) is 4.15. The van der Waals surface area contributed by atoms with Gasteiger partial charge < -0.3 is 9.73 Å². The van der Waals surface area contributed by atoms with Gasteiger partial charge in [-0.15, -0.1) is 11.3 Å². The molecule has 0 saturated carbocycles. The number of sulfonamides is 1. The van der Waals surface area contributed by atoms with Gasteiger partial charge in [0.1, 0.15) is 0 Å². The lowest BCUT2D eigenvalue weighted by Crippen LogP contribution is -2.32. The summed E-state index contributed by atoms with van der Waals surface area (Å²) in [7, 11) is -3.56. The van der Waals surface area contributed by atoms with Gasteiger partial charge >= 0.3 is 0 Å². The Morgan fingerprint density at radius 1 is 1.13 bits per heavy atom. The van der Waals surface area contributed by atoms with E-state index in [2.05, 4.69) is 10.3 Å². The summed E-state index contributed by atoms with van der Waals surface area (Å²) in [6.45, 7) is 1.08. The highest BCUT2D eigenvalue weighted by Crippen LogP contribution is 2.25. The van der Waals surface area contributed by atoms with Crippen LogP contribution < -0.4 is 5.32 Å². The minimum Gasteiger partial charge on any atom is -0.462 e. The van der Waals surface area contributed by atoms with Gasteiger partial charge in [0.2, 0.25) is 15.9 Å². The zero-order chi connectivity index (χ0) is 21.0. The molecule has 158 valence electrons. The molecule has 0 radical (unpaired) electrons. The van der Waals surface area contributed by atoms with Gasteiger partial charge in [0, 0.05) is 24.2 Å². The van der Waals surface area contributed by atoms with E-state index in [1.165, 1.54) is 17.4 Å². The van der Waals surface area contributed by atoms with Crippen LogP contribution in [0.25, 0.3) is 10.8 Å². The van der Waals surface area contributed by atoms with Crippen LogP contribution >= 0.6 is 11.3 Å². The van der Waals surface area contributed by atoms with E-state index in [1.54, 1.807) is 34.8 Å². The summed E-state index contributed by atoms with van der Waals surface area (Å²) in [6, 6.07) is 10.0. The first-order chi connectivity index (χ1) is 14.5. The largest absolute Gasteiger partial charge is 0.462 e. The summed E-state index contributed by atoms with van der Waals surface area (Å²) in [5, 5.41) is 5.31. The number of furan rings is 1. The number of nitrogens with zero attached hydrogens (tertiary/aromatic N) is 2. The molecule has 3 heterocycles. The first-order valence-electron chi connectivity index (χ1n) is 9.91. The number of hydrogen-bond donors (Lipinski definition) is 1. The first-order valence-corrected chi connectivity index (χ1v) is 12.2. The Kier molecular flexibility index (Phi) is 6.31. The van der Waals surface area contributed by atoms with Crippen LogP contribution in [0.15, 0.2) is 57.4 Å². The molecule has 0 atom stereocenters. The molecule has 30 heavy (non-hydrogen) atoms. The van der Waals surface area contributed by atoms with Gasteiger partial charge in [-0.3, -0.25) is 4.79 Å². The van der Waals surface area contributed by atoms with Gasteiger partial charge in [-0.05, 0) is 43.2 Å². The maximum absolute atomic E-state index is 13.0. The molecule has 1 fully saturated rings. The molecule has 0 spiro atoms. The van der Waals surface area contributed by atoms with E-state index in [1.807, 2.05) is 11.4 Å². The number of thiazole rings is 1. The van der Waals surface area contributed by atoms with E-state index >= 15 is 0 Å². The minimum atomic E-state index is -3.56. The Bertz CT molecular complexity index is 1100. The van der Waals surface area contributed by atoms with Gasteiger partial charge in [0.25, 0.3) is 0 Å². The van der Waals surface area contributed by atoms with Crippen LogP contribution in [0.1, 0.15) is 31.4 Å². The van der Waals surface area contributed by atoms with Gasteiger partial charge in [0.05, 0.1) is 23.3 Å². The maximum Gasteiger partial charge on any atom is 0.243 e. The number of rotatable bonds is 6. The molecule has 4 rings (SSSR count). The van der Waals surface area contributed by atoms with Crippen molar-refractivity contribution in [2.75, 3.05) is 18.4 Å². The Morgan fingerprint density at radius 3 is 2.67 bits per heavy atom. The van der Waals surface area contributed by atoms with Crippen molar-refractivity contribution < 1.29 is 17.6 Å². The molecular weight excluding hydrogens is 422 g/mol. The van der Waals surface area contributed by atoms with E-state index in [-0.39, 0.29) is 17.2 Å². The average Bonchev–Trinajstić information content (AvgIpc) is 3.34. The van der Waals surface area contributed by atoms with Crippen molar-refractivity contribution in [2.24, 2.45) is 0 Å². The predicted molar refractivity (Wildman–Crippen MR) is 116 cm³/mol. The van der Waals surface area contributed by atoms with Crippen molar-refractivity contribution in [1.29, 1.82) is 0 Å². The second kappa shape index (κ2) is 9.11. The van der Waals surface area contributed by atoms with Gasteiger partial charge in [-0.1, -0.05) is 18.9 Å². The first kappa shape index (κ1) is 20.8. The van der Waals surface area contributed by atoms with Crippen LogP contribution in [0.4, 0.5) is 5.69 Å². The molecule has 2 aromatic heterocycles. The molecule has 1 amide bonds. The molecule has 0 unspecified atom stereocenters. The number of carbonyl (C=O) groups excluding carboxylic acids is 1. The van der Waals surface area contributed by atoms with Crippen molar-refractivity contribution >= 4 is 33.0 Å². The van der Waals surface area contributed by atoms with Gasteiger partial charge in [0.15, 0.2) is 10.8 Å². The summed E-state index contributed by atoms with van der Waals surface area (Å²) in [6.07, 6.45) is 5.55. The van der Waals surface area contributed by atoms with E-state index in [9.17, 15) is 13.2 Å². The van der Waals surface area contributed by atoms with Crippen LogP contribution in [-0.4, -0.2) is 36.7 Å². The fourth-order valence-electron chi connectivity index (χ4n) is 3.44. The summed E-state index contributed by atoms with van der Waals surface area (Å²) >= 11 is 1.41. The van der Waals surface area contributed by atoms with Gasteiger partial charge in [-0.2, -0.15) is 4.31 Å². The van der Waals surface area contributed by atoms with E-state index in [4.69, 9.17) is 4.42 Å². The number of amides is 1. The third kappa shape index (κ3) is 4.80. The van der Waals surface area contributed by atoms with Crippen LogP contribution in [-0.2, 0) is 21.2 Å². The third-order valence-corrected chi connectivity index (χ3v) is 7.75. The normalized spacial score (nSPS) is 15.6. The lowest BCUT2D eigenvalue weighted by molar-refractivity contribution is -0.115.